The van der Waals surface area contributed by atoms with Crippen molar-refractivity contribution in [2.45, 2.75) is 24.9 Å². The van der Waals surface area contributed by atoms with Gasteiger partial charge >= 0.3 is 0 Å². The normalized spacial score (nSPS) is 22.3. The largest absolute Gasteiger partial charge is 0.348 e. The summed E-state index contributed by atoms with van der Waals surface area (Å²) in [4.78, 5) is 2.10. The lowest BCUT2D eigenvalue weighted by Crippen LogP contribution is -2.43. The van der Waals surface area contributed by atoms with E-state index in [1.165, 1.54) is 6.07 Å². The molecule has 0 bridgehead atoms. The zero-order valence-corrected chi connectivity index (χ0v) is 13.6. The average Bonchev–Trinajstić information content (AvgIpc) is 2.49. The maximum Gasteiger partial charge on any atom is 0.151 e. The molecule has 2 heterocycles. The van der Waals surface area contributed by atoms with Crippen LogP contribution in [0.25, 0.3) is 0 Å². The Balaban J connectivity index is 1.97. The summed E-state index contributed by atoms with van der Waals surface area (Å²) in [6.45, 7) is 0.759. The van der Waals surface area contributed by atoms with E-state index in [-0.39, 0.29) is 17.9 Å². The van der Waals surface area contributed by atoms with Crippen LogP contribution in [0, 0.1) is 9.52 Å². The summed E-state index contributed by atoms with van der Waals surface area (Å²) in [6.07, 6.45) is 1.59. The van der Waals surface area contributed by atoms with Gasteiger partial charge in [0, 0.05) is 18.2 Å². The number of nitrogens with two attached hydrogens (primary N) is 1. The van der Waals surface area contributed by atoms with Gasteiger partial charge in [0.05, 0.1) is 6.04 Å². The van der Waals surface area contributed by atoms with Crippen LogP contribution in [0.3, 0.4) is 0 Å². The predicted molar refractivity (Wildman–Crippen MR) is 88.4 cm³/mol. The van der Waals surface area contributed by atoms with Crippen LogP contribution in [0.2, 0.25) is 0 Å². The van der Waals surface area contributed by atoms with Gasteiger partial charge in [-0.05, 0) is 53.6 Å². The van der Waals surface area contributed by atoms with Gasteiger partial charge in [-0.25, -0.2) is 4.39 Å². The summed E-state index contributed by atoms with van der Waals surface area (Å²) in [5.41, 5.74) is 6.76. The Morgan fingerprint density at radius 3 is 2.71 bits per heavy atom. The van der Waals surface area contributed by atoms with Crippen molar-refractivity contribution in [3.05, 3.63) is 51.5 Å². The second-order valence-corrected chi connectivity index (χ2v) is 6.33. The smallest absolute Gasteiger partial charge is 0.151 e. The highest BCUT2D eigenvalue weighted by Crippen LogP contribution is 2.34. The Morgan fingerprint density at radius 1 is 1.19 bits per heavy atom. The summed E-state index contributed by atoms with van der Waals surface area (Å²) < 4.78 is 15.0. The molecule has 0 spiro atoms. The van der Waals surface area contributed by atoms with Gasteiger partial charge in [-0.15, -0.1) is 10.2 Å². The first-order valence-corrected chi connectivity index (χ1v) is 7.99. The van der Waals surface area contributed by atoms with Gasteiger partial charge in [-0.1, -0.05) is 18.2 Å². The molecule has 6 heteroatoms. The Bertz CT molecular complexity index is 619. The van der Waals surface area contributed by atoms with Gasteiger partial charge in [0.1, 0.15) is 9.52 Å². The maximum absolute atomic E-state index is 14.1. The highest BCUT2D eigenvalue weighted by molar-refractivity contribution is 14.1. The first-order valence-electron chi connectivity index (χ1n) is 6.91. The fourth-order valence-electron chi connectivity index (χ4n) is 2.77. The van der Waals surface area contributed by atoms with Crippen molar-refractivity contribution in [2.75, 3.05) is 11.4 Å². The molecular formula is C15H16FIN4. The quantitative estimate of drug-likeness (QED) is 0.791. The van der Waals surface area contributed by atoms with Crippen LogP contribution in [0.15, 0.2) is 36.4 Å². The molecular weight excluding hydrogens is 382 g/mol. The molecule has 1 aliphatic rings. The molecule has 2 unspecified atom stereocenters. The molecule has 0 aliphatic carbocycles. The van der Waals surface area contributed by atoms with E-state index in [0.29, 0.717) is 12.0 Å². The van der Waals surface area contributed by atoms with E-state index in [0.717, 1.165) is 22.5 Å². The van der Waals surface area contributed by atoms with E-state index in [2.05, 4.69) is 37.7 Å². The maximum atomic E-state index is 14.1. The summed E-state index contributed by atoms with van der Waals surface area (Å²) in [6, 6.07) is 10.7. The molecule has 110 valence electrons. The molecule has 1 aromatic heterocycles. The van der Waals surface area contributed by atoms with Crippen molar-refractivity contribution < 1.29 is 4.39 Å². The molecule has 2 aromatic rings. The lowest BCUT2D eigenvalue weighted by Gasteiger charge is -2.39. The Morgan fingerprint density at radius 2 is 2.00 bits per heavy atom. The van der Waals surface area contributed by atoms with Crippen molar-refractivity contribution in [3.8, 4) is 0 Å². The van der Waals surface area contributed by atoms with Crippen molar-refractivity contribution in [1.82, 2.24) is 10.2 Å². The molecule has 1 aliphatic heterocycles. The van der Waals surface area contributed by atoms with Gasteiger partial charge in [0.15, 0.2) is 5.82 Å². The van der Waals surface area contributed by atoms with Crippen LogP contribution in [0.5, 0.6) is 0 Å². The highest BCUT2D eigenvalue weighted by Gasteiger charge is 2.30. The molecule has 0 saturated carbocycles. The van der Waals surface area contributed by atoms with Crippen LogP contribution in [-0.4, -0.2) is 22.8 Å². The van der Waals surface area contributed by atoms with E-state index < -0.39 is 0 Å². The van der Waals surface area contributed by atoms with Gasteiger partial charge in [-0.2, -0.15) is 0 Å². The molecule has 2 N–H and O–H groups in total. The van der Waals surface area contributed by atoms with Crippen LogP contribution in [0.1, 0.15) is 24.4 Å². The lowest BCUT2D eigenvalue weighted by atomic mass is 9.92. The summed E-state index contributed by atoms with van der Waals surface area (Å²) >= 11 is 2.12. The zero-order valence-electron chi connectivity index (χ0n) is 11.4. The zero-order chi connectivity index (χ0) is 14.8. The van der Waals surface area contributed by atoms with E-state index >= 15 is 0 Å². The second kappa shape index (κ2) is 6.23. The Kier molecular flexibility index (Phi) is 4.34. The number of anilines is 1. The van der Waals surface area contributed by atoms with Crippen molar-refractivity contribution in [1.29, 1.82) is 0 Å². The van der Waals surface area contributed by atoms with E-state index in [1.807, 2.05) is 24.3 Å². The average molecular weight is 398 g/mol. The SMILES string of the molecule is NC1CCN(c2ccc(I)nn2)C(c2ccccc2F)C1. The number of aromatic nitrogens is 2. The molecule has 21 heavy (non-hydrogen) atoms. The van der Waals surface area contributed by atoms with Crippen LogP contribution >= 0.6 is 22.6 Å². The van der Waals surface area contributed by atoms with Crippen molar-refractivity contribution in [2.24, 2.45) is 5.73 Å². The molecule has 0 radical (unpaired) electrons. The van der Waals surface area contributed by atoms with Gasteiger partial charge in [0.25, 0.3) is 0 Å². The number of rotatable bonds is 2. The fraction of sp³-hybridized carbons (Fsp3) is 0.333. The van der Waals surface area contributed by atoms with Gasteiger partial charge < -0.3 is 10.6 Å². The van der Waals surface area contributed by atoms with E-state index in [1.54, 1.807) is 6.07 Å². The van der Waals surface area contributed by atoms with Crippen molar-refractivity contribution in [3.63, 3.8) is 0 Å². The Hall–Kier alpha value is -1.28. The van der Waals surface area contributed by atoms with Crippen LogP contribution < -0.4 is 10.6 Å². The molecule has 4 nitrogen and oxygen atoms in total. The number of benzene rings is 1. The molecule has 1 aromatic carbocycles. The molecule has 3 rings (SSSR count). The van der Waals surface area contributed by atoms with Crippen LogP contribution in [0.4, 0.5) is 10.2 Å². The second-order valence-electron chi connectivity index (χ2n) is 5.23. The summed E-state index contributed by atoms with van der Waals surface area (Å²) in [7, 11) is 0. The van der Waals surface area contributed by atoms with E-state index in [4.69, 9.17) is 5.73 Å². The highest BCUT2D eigenvalue weighted by atomic mass is 127. The summed E-state index contributed by atoms with van der Waals surface area (Å²) in [5, 5.41) is 8.33. The predicted octanol–water partition coefficient (Wildman–Crippen LogP) is 2.89. The third-order valence-electron chi connectivity index (χ3n) is 3.82. The third-order valence-corrected chi connectivity index (χ3v) is 4.39. The number of halogens is 2. The Labute approximate surface area is 136 Å². The first-order chi connectivity index (χ1) is 10.1. The molecule has 0 amide bonds. The monoisotopic (exact) mass is 398 g/mol. The minimum absolute atomic E-state index is 0.0858. The number of piperidine rings is 1. The first kappa shape index (κ1) is 14.6. The third kappa shape index (κ3) is 3.16. The molecule has 2 atom stereocenters. The van der Waals surface area contributed by atoms with Gasteiger partial charge in [0.2, 0.25) is 0 Å². The topological polar surface area (TPSA) is 55.0 Å². The number of hydrogen-bond donors (Lipinski definition) is 1. The van der Waals surface area contributed by atoms with Crippen molar-refractivity contribution >= 4 is 28.4 Å². The van der Waals surface area contributed by atoms with Crippen LogP contribution in [-0.2, 0) is 0 Å². The summed E-state index contributed by atoms with van der Waals surface area (Å²) in [5.74, 6) is 0.579. The number of hydrogen-bond acceptors (Lipinski definition) is 4. The minimum atomic E-state index is -0.194. The minimum Gasteiger partial charge on any atom is -0.348 e. The fourth-order valence-corrected chi connectivity index (χ4v) is 3.06. The molecule has 1 saturated heterocycles. The molecule has 1 fully saturated rings. The van der Waals surface area contributed by atoms with E-state index in [9.17, 15) is 4.39 Å². The lowest BCUT2D eigenvalue weighted by molar-refractivity contribution is 0.406. The standard InChI is InChI=1S/C15H16FIN4/c16-12-4-2-1-3-11(12)13-9-10(18)7-8-21(13)15-6-5-14(17)19-20-15/h1-6,10,13H,7-9,18H2. The number of nitrogens with zero attached hydrogens (tertiary/aromatic N) is 3. The van der Waals surface area contributed by atoms with Gasteiger partial charge in [-0.3, -0.25) is 0 Å².